The van der Waals surface area contributed by atoms with Gasteiger partial charge in [0.2, 0.25) is 0 Å². The predicted octanol–water partition coefficient (Wildman–Crippen LogP) is 0.851. The molecule has 1 N–H and O–H groups in total. The zero-order valence-corrected chi connectivity index (χ0v) is 5.33. The molecule has 0 aromatic heterocycles. The number of nitrogens with zero attached hydrogens (tertiary/aromatic N) is 1. The number of aliphatic hydroxyl groups excluding tert-OH is 1. The summed E-state index contributed by atoms with van der Waals surface area (Å²) < 4.78 is 0. The van der Waals surface area contributed by atoms with Crippen LogP contribution in [-0.2, 0) is 6.61 Å². The third-order valence-corrected chi connectivity index (χ3v) is 1.22. The van der Waals surface area contributed by atoms with Crippen LogP contribution in [0.15, 0.2) is 18.2 Å². The van der Waals surface area contributed by atoms with Gasteiger partial charge in [0.1, 0.15) is 6.07 Å². The largest absolute Gasteiger partial charge is 0.392 e. The van der Waals surface area contributed by atoms with Crippen LogP contribution in [0.25, 0.3) is 0 Å². The van der Waals surface area contributed by atoms with Crippen LogP contribution in [0.4, 0.5) is 0 Å². The molecule has 0 aliphatic rings. The maximum atomic E-state index is 8.68. The first-order valence-electron chi connectivity index (χ1n) is 2.89. The first-order valence-corrected chi connectivity index (χ1v) is 2.89. The van der Waals surface area contributed by atoms with Crippen molar-refractivity contribution >= 4 is 0 Å². The molecule has 0 fully saturated rings. The molecule has 1 rings (SSSR count). The predicted molar refractivity (Wildman–Crippen MR) is 35.9 cm³/mol. The molecular weight excluding hydrogens is 126 g/mol. The van der Waals surface area contributed by atoms with E-state index < -0.39 is 0 Å². The van der Waals surface area contributed by atoms with Crippen molar-refractivity contribution in [3.05, 3.63) is 35.4 Å². The molecule has 2 heteroatoms. The second-order valence-corrected chi connectivity index (χ2v) is 1.84. The van der Waals surface area contributed by atoms with E-state index in [-0.39, 0.29) is 6.61 Å². The number of aliphatic hydroxyl groups is 1. The molecule has 0 heterocycles. The van der Waals surface area contributed by atoms with Gasteiger partial charge in [-0.25, -0.2) is 0 Å². The van der Waals surface area contributed by atoms with E-state index in [0.717, 1.165) is 0 Å². The Hall–Kier alpha value is -1.33. The fourth-order valence-corrected chi connectivity index (χ4v) is 0.708. The molecule has 0 aliphatic heterocycles. The van der Waals surface area contributed by atoms with E-state index in [1.54, 1.807) is 18.2 Å². The van der Waals surface area contributed by atoms with Crippen LogP contribution in [0.3, 0.4) is 0 Å². The van der Waals surface area contributed by atoms with E-state index in [0.29, 0.717) is 11.1 Å². The highest BCUT2D eigenvalue weighted by atomic mass is 16.3. The van der Waals surface area contributed by atoms with Crippen molar-refractivity contribution in [2.45, 2.75) is 6.61 Å². The highest BCUT2D eigenvalue weighted by molar-refractivity contribution is 5.35. The molecule has 0 unspecified atom stereocenters. The van der Waals surface area contributed by atoms with Crippen LogP contribution in [0, 0.1) is 17.4 Å². The minimum absolute atomic E-state index is 0.0970. The van der Waals surface area contributed by atoms with E-state index in [2.05, 4.69) is 6.07 Å². The number of nitriles is 1. The Balaban J connectivity index is 3.12. The minimum atomic E-state index is -0.0970. The number of rotatable bonds is 1. The van der Waals surface area contributed by atoms with Crippen molar-refractivity contribution in [3.8, 4) is 6.07 Å². The summed E-state index contributed by atoms with van der Waals surface area (Å²) in [4.78, 5) is 0. The summed E-state index contributed by atoms with van der Waals surface area (Å²) in [7, 11) is 0. The standard InChI is InChI=1S/C8H6NO/c9-5-7-3-1-2-4-8(7)6-10/h1-2,4,10H,6H2. The summed E-state index contributed by atoms with van der Waals surface area (Å²) in [6.07, 6.45) is 0. The minimum Gasteiger partial charge on any atom is -0.392 e. The molecule has 0 spiro atoms. The smallest absolute Gasteiger partial charge is 0.100 e. The van der Waals surface area contributed by atoms with Crippen LogP contribution < -0.4 is 0 Å². The Morgan fingerprint density at radius 2 is 2.50 bits per heavy atom. The van der Waals surface area contributed by atoms with E-state index >= 15 is 0 Å². The molecule has 10 heavy (non-hydrogen) atoms. The lowest BCUT2D eigenvalue weighted by Gasteiger charge is -1.94. The van der Waals surface area contributed by atoms with Gasteiger partial charge in [-0.3, -0.25) is 0 Å². The molecule has 2 nitrogen and oxygen atoms in total. The summed E-state index contributed by atoms with van der Waals surface area (Å²) in [6.45, 7) is -0.0970. The fourth-order valence-electron chi connectivity index (χ4n) is 0.708. The molecule has 0 saturated heterocycles. The topological polar surface area (TPSA) is 44.0 Å². The third-order valence-electron chi connectivity index (χ3n) is 1.22. The van der Waals surface area contributed by atoms with Gasteiger partial charge >= 0.3 is 0 Å². The van der Waals surface area contributed by atoms with E-state index in [4.69, 9.17) is 10.4 Å². The van der Waals surface area contributed by atoms with Crippen LogP contribution in [-0.4, -0.2) is 5.11 Å². The summed E-state index contributed by atoms with van der Waals surface area (Å²) >= 11 is 0. The van der Waals surface area contributed by atoms with Gasteiger partial charge in [-0.2, -0.15) is 5.26 Å². The van der Waals surface area contributed by atoms with Crippen LogP contribution in [0.5, 0.6) is 0 Å². The summed E-state index contributed by atoms with van der Waals surface area (Å²) in [6, 6.07) is 9.74. The van der Waals surface area contributed by atoms with Gasteiger partial charge < -0.3 is 5.11 Å². The lowest BCUT2D eigenvalue weighted by atomic mass is 10.1. The normalized spacial score (nSPS) is 8.80. The number of hydrogen-bond acceptors (Lipinski definition) is 2. The fraction of sp³-hybridized carbons (Fsp3) is 0.125. The van der Waals surface area contributed by atoms with Crippen molar-refractivity contribution in [3.63, 3.8) is 0 Å². The molecule has 0 atom stereocenters. The van der Waals surface area contributed by atoms with Crippen LogP contribution >= 0.6 is 0 Å². The SMILES string of the molecule is N#Cc1[c]cccc1CO. The van der Waals surface area contributed by atoms with Gasteiger partial charge in [-0.15, -0.1) is 0 Å². The molecular formula is C8H6NO. The lowest BCUT2D eigenvalue weighted by Crippen LogP contribution is -1.87. The maximum absolute atomic E-state index is 8.68. The van der Waals surface area contributed by atoms with E-state index in [9.17, 15) is 0 Å². The van der Waals surface area contributed by atoms with Gasteiger partial charge in [0.25, 0.3) is 0 Å². The van der Waals surface area contributed by atoms with Crippen LogP contribution in [0.2, 0.25) is 0 Å². The first-order chi connectivity index (χ1) is 4.88. The Bertz CT molecular complexity index is 262. The average Bonchev–Trinajstić information content (AvgIpc) is 2.04. The number of hydrogen-bond donors (Lipinski definition) is 1. The van der Waals surface area contributed by atoms with E-state index in [1.165, 1.54) is 0 Å². The second-order valence-electron chi connectivity index (χ2n) is 1.84. The van der Waals surface area contributed by atoms with Crippen molar-refractivity contribution < 1.29 is 5.11 Å². The first kappa shape index (κ1) is 6.79. The zero-order chi connectivity index (χ0) is 7.40. The van der Waals surface area contributed by atoms with Gasteiger partial charge in [-0.05, 0) is 5.56 Å². The molecule has 0 bridgehead atoms. The average molecular weight is 132 g/mol. The summed E-state index contributed by atoms with van der Waals surface area (Å²) in [5.74, 6) is 0. The van der Waals surface area contributed by atoms with Crippen molar-refractivity contribution in [1.29, 1.82) is 5.26 Å². The quantitative estimate of drug-likeness (QED) is 0.615. The van der Waals surface area contributed by atoms with Gasteiger partial charge in [0, 0.05) is 6.07 Å². The Morgan fingerprint density at radius 3 is 3.00 bits per heavy atom. The van der Waals surface area contributed by atoms with E-state index in [1.807, 2.05) is 6.07 Å². The number of benzene rings is 1. The van der Waals surface area contributed by atoms with Crippen LogP contribution in [0.1, 0.15) is 11.1 Å². The molecule has 49 valence electrons. The molecule has 0 saturated carbocycles. The lowest BCUT2D eigenvalue weighted by molar-refractivity contribution is 0.281. The highest BCUT2D eigenvalue weighted by Crippen LogP contribution is 2.04. The van der Waals surface area contributed by atoms with Gasteiger partial charge in [0.15, 0.2) is 0 Å². The molecule has 1 aromatic rings. The molecule has 1 radical (unpaired) electrons. The van der Waals surface area contributed by atoms with Crippen molar-refractivity contribution in [1.82, 2.24) is 0 Å². The van der Waals surface area contributed by atoms with Crippen molar-refractivity contribution in [2.75, 3.05) is 0 Å². The molecule has 1 aromatic carbocycles. The Labute approximate surface area is 59.3 Å². The Kier molecular flexibility index (Phi) is 2.03. The second kappa shape index (κ2) is 3.00. The zero-order valence-electron chi connectivity index (χ0n) is 5.33. The van der Waals surface area contributed by atoms with Gasteiger partial charge in [-0.1, -0.05) is 18.2 Å². The third kappa shape index (κ3) is 1.15. The van der Waals surface area contributed by atoms with Crippen molar-refractivity contribution in [2.24, 2.45) is 0 Å². The summed E-state index contributed by atoms with van der Waals surface area (Å²) in [5, 5.41) is 17.1. The monoisotopic (exact) mass is 132 g/mol. The maximum Gasteiger partial charge on any atom is 0.100 e. The highest BCUT2D eigenvalue weighted by Gasteiger charge is 1.96. The molecule has 0 amide bonds. The van der Waals surface area contributed by atoms with Gasteiger partial charge in [0.05, 0.1) is 12.2 Å². The molecule has 0 aliphatic carbocycles. The Morgan fingerprint density at radius 1 is 1.70 bits per heavy atom. The summed E-state index contributed by atoms with van der Waals surface area (Å²) in [5.41, 5.74) is 1.05.